The standard InChI is InChI=1S/C19H28N2O5S/c1-25-17-8-6-16(7-9-17)20-12-14-21(15-13-20)27(23,24)19(18(22)26-2)10-4-3-5-11-19/h6-9H,3-5,10-15H2,1-2H3. The molecule has 8 heteroatoms. The molecule has 1 aliphatic heterocycles. The highest BCUT2D eigenvalue weighted by Gasteiger charge is 2.54. The molecule has 1 saturated heterocycles. The molecular formula is C19H28N2O5S. The maximum absolute atomic E-state index is 13.4. The monoisotopic (exact) mass is 396 g/mol. The fourth-order valence-electron chi connectivity index (χ4n) is 4.10. The van der Waals surface area contributed by atoms with Crippen LogP contribution in [0.15, 0.2) is 24.3 Å². The summed E-state index contributed by atoms with van der Waals surface area (Å²) in [5.41, 5.74) is 1.04. The summed E-state index contributed by atoms with van der Waals surface area (Å²) in [5.74, 6) is 0.178. The SMILES string of the molecule is COC(=O)C1(S(=O)(=O)N2CCN(c3ccc(OC)cc3)CC2)CCCCC1. The minimum Gasteiger partial charge on any atom is -0.497 e. The van der Waals surface area contributed by atoms with E-state index in [9.17, 15) is 13.2 Å². The van der Waals surface area contributed by atoms with Gasteiger partial charge < -0.3 is 14.4 Å². The van der Waals surface area contributed by atoms with Crippen LogP contribution in [0.25, 0.3) is 0 Å². The van der Waals surface area contributed by atoms with Crippen molar-refractivity contribution in [2.75, 3.05) is 45.3 Å². The van der Waals surface area contributed by atoms with Crippen molar-refractivity contribution < 1.29 is 22.7 Å². The van der Waals surface area contributed by atoms with E-state index in [1.165, 1.54) is 11.4 Å². The second-order valence-electron chi connectivity index (χ2n) is 7.14. The van der Waals surface area contributed by atoms with E-state index in [1.54, 1.807) is 7.11 Å². The van der Waals surface area contributed by atoms with Gasteiger partial charge in [0.1, 0.15) is 5.75 Å². The molecule has 2 aliphatic rings. The summed E-state index contributed by atoms with van der Waals surface area (Å²) in [5, 5.41) is 0. The first-order chi connectivity index (χ1) is 12.9. The highest BCUT2D eigenvalue weighted by Crippen LogP contribution is 2.38. The van der Waals surface area contributed by atoms with Crippen LogP contribution in [0.4, 0.5) is 5.69 Å². The first-order valence-corrected chi connectivity index (χ1v) is 10.9. The molecule has 0 unspecified atom stereocenters. The lowest BCUT2D eigenvalue weighted by Gasteiger charge is -2.41. The van der Waals surface area contributed by atoms with Crippen molar-refractivity contribution in [1.82, 2.24) is 4.31 Å². The Balaban J connectivity index is 1.74. The molecule has 0 amide bonds. The van der Waals surface area contributed by atoms with Crippen LogP contribution in [0.1, 0.15) is 32.1 Å². The van der Waals surface area contributed by atoms with Crippen molar-refractivity contribution >= 4 is 21.7 Å². The lowest BCUT2D eigenvalue weighted by molar-refractivity contribution is -0.144. The zero-order chi connectivity index (χ0) is 19.5. The number of benzene rings is 1. The first-order valence-electron chi connectivity index (χ1n) is 9.42. The predicted octanol–water partition coefficient (Wildman–Crippen LogP) is 2.02. The largest absolute Gasteiger partial charge is 0.497 e. The van der Waals surface area contributed by atoms with Gasteiger partial charge in [0.2, 0.25) is 10.0 Å². The fraction of sp³-hybridized carbons (Fsp3) is 0.632. The van der Waals surface area contributed by atoms with E-state index in [-0.39, 0.29) is 0 Å². The molecule has 0 N–H and O–H groups in total. The van der Waals surface area contributed by atoms with Crippen LogP contribution in [0, 0.1) is 0 Å². The van der Waals surface area contributed by atoms with Gasteiger partial charge in [0, 0.05) is 31.9 Å². The van der Waals surface area contributed by atoms with E-state index in [2.05, 4.69) is 4.90 Å². The fourth-order valence-corrected chi connectivity index (χ4v) is 6.34. The number of ether oxygens (including phenoxy) is 2. The Morgan fingerprint density at radius 2 is 1.56 bits per heavy atom. The summed E-state index contributed by atoms with van der Waals surface area (Å²) < 4.78 is 36.9. The molecule has 3 rings (SSSR count). The van der Waals surface area contributed by atoms with Gasteiger partial charge in [0.25, 0.3) is 0 Å². The van der Waals surface area contributed by atoms with Crippen LogP contribution >= 0.6 is 0 Å². The van der Waals surface area contributed by atoms with Gasteiger partial charge >= 0.3 is 5.97 Å². The molecule has 1 aromatic carbocycles. The second-order valence-corrected chi connectivity index (χ2v) is 9.38. The molecule has 1 aromatic rings. The lowest BCUT2D eigenvalue weighted by Crippen LogP contribution is -2.59. The third kappa shape index (κ3) is 3.65. The van der Waals surface area contributed by atoms with E-state index < -0.39 is 20.7 Å². The predicted molar refractivity (Wildman–Crippen MR) is 104 cm³/mol. The average Bonchev–Trinajstić information content (AvgIpc) is 2.73. The van der Waals surface area contributed by atoms with Crippen molar-refractivity contribution in [3.8, 4) is 5.75 Å². The number of hydrogen-bond donors (Lipinski definition) is 0. The molecule has 0 aromatic heterocycles. The van der Waals surface area contributed by atoms with Gasteiger partial charge in [-0.3, -0.25) is 4.79 Å². The van der Waals surface area contributed by atoms with Crippen LogP contribution < -0.4 is 9.64 Å². The van der Waals surface area contributed by atoms with Gasteiger partial charge in [-0.05, 0) is 37.1 Å². The Morgan fingerprint density at radius 1 is 0.963 bits per heavy atom. The molecular weight excluding hydrogens is 368 g/mol. The van der Waals surface area contributed by atoms with Crippen LogP contribution in [0.5, 0.6) is 5.75 Å². The number of sulfonamides is 1. The summed E-state index contributed by atoms with van der Waals surface area (Å²) in [4.78, 5) is 14.6. The van der Waals surface area contributed by atoms with E-state index >= 15 is 0 Å². The van der Waals surface area contributed by atoms with Gasteiger partial charge in [-0.15, -0.1) is 0 Å². The van der Waals surface area contributed by atoms with Crippen LogP contribution in [0.2, 0.25) is 0 Å². The van der Waals surface area contributed by atoms with E-state index in [1.807, 2.05) is 24.3 Å². The second kappa shape index (κ2) is 8.06. The Morgan fingerprint density at radius 3 is 2.07 bits per heavy atom. The van der Waals surface area contributed by atoms with E-state index in [0.717, 1.165) is 30.7 Å². The summed E-state index contributed by atoms with van der Waals surface area (Å²) >= 11 is 0. The highest BCUT2D eigenvalue weighted by molar-refractivity contribution is 7.91. The quantitative estimate of drug-likeness (QED) is 0.709. The van der Waals surface area contributed by atoms with Gasteiger partial charge in [-0.2, -0.15) is 4.31 Å². The number of piperazine rings is 1. The molecule has 150 valence electrons. The van der Waals surface area contributed by atoms with Gasteiger partial charge in [0.05, 0.1) is 14.2 Å². The van der Waals surface area contributed by atoms with Crippen molar-refractivity contribution in [1.29, 1.82) is 0 Å². The van der Waals surface area contributed by atoms with Crippen molar-refractivity contribution in [3.05, 3.63) is 24.3 Å². The highest BCUT2D eigenvalue weighted by atomic mass is 32.2. The van der Waals surface area contributed by atoms with Crippen molar-refractivity contribution in [2.45, 2.75) is 36.9 Å². The molecule has 0 spiro atoms. The third-order valence-corrected chi connectivity index (χ3v) is 8.34. The zero-order valence-electron chi connectivity index (χ0n) is 16.0. The van der Waals surface area contributed by atoms with Crippen molar-refractivity contribution in [2.24, 2.45) is 0 Å². The number of rotatable bonds is 5. The maximum Gasteiger partial charge on any atom is 0.328 e. The van der Waals surface area contributed by atoms with Crippen molar-refractivity contribution in [3.63, 3.8) is 0 Å². The number of carbonyl (C=O) groups excluding carboxylic acids is 1. The number of nitrogens with zero attached hydrogens (tertiary/aromatic N) is 2. The van der Waals surface area contributed by atoms with Gasteiger partial charge in [-0.25, -0.2) is 8.42 Å². The molecule has 27 heavy (non-hydrogen) atoms. The van der Waals surface area contributed by atoms with Gasteiger partial charge in [0.15, 0.2) is 4.75 Å². The first kappa shape index (κ1) is 19.9. The number of esters is 1. The van der Waals surface area contributed by atoms with E-state index in [4.69, 9.17) is 9.47 Å². The van der Waals surface area contributed by atoms with Crippen LogP contribution in [-0.4, -0.2) is 63.8 Å². The zero-order valence-corrected chi connectivity index (χ0v) is 16.8. The normalized spacial score (nSPS) is 20.9. The summed E-state index contributed by atoms with van der Waals surface area (Å²) in [6.07, 6.45) is 3.13. The smallest absolute Gasteiger partial charge is 0.328 e. The Bertz CT molecular complexity index is 749. The molecule has 0 bridgehead atoms. The molecule has 1 aliphatic carbocycles. The Labute approximate surface area is 161 Å². The molecule has 2 fully saturated rings. The minimum absolute atomic E-state index is 0.348. The minimum atomic E-state index is -3.76. The molecule has 0 atom stereocenters. The molecule has 7 nitrogen and oxygen atoms in total. The Hall–Kier alpha value is -1.80. The lowest BCUT2D eigenvalue weighted by atomic mass is 9.88. The van der Waals surface area contributed by atoms with Crippen LogP contribution in [-0.2, 0) is 19.6 Å². The molecule has 0 radical (unpaired) electrons. The van der Waals surface area contributed by atoms with Gasteiger partial charge in [-0.1, -0.05) is 19.3 Å². The Kier molecular flexibility index (Phi) is 5.95. The number of anilines is 1. The third-order valence-electron chi connectivity index (χ3n) is 5.73. The number of carbonyl (C=O) groups is 1. The topological polar surface area (TPSA) is 76.2 Å². The maximum atomic E-state index is 13.4. The number of hydrogen-bond acceptors (Lipinski definition) is 6. The van der Waals surface area contributed by atoms with Crippen LogP contribution in [0.3, 0.4) is 0 Å². The molecule has 1 saturated carbocycles. The summed E-state index contributed by atoms with van der Waals surface area (Å²) in [7, 11) is -0.863. The molecule has 1 heterocycles. The summed E-state index contributed by atoms with van der Waals surface area (Å²) in [6, 6.07) is 7.74. The average molecular weight is 397 g/mol. The van der Waals surface area contributed by atoms with E-state index in [0.29, 0.717) is 39.0 Å². The summed E-state index contributed by atoms with van der Waals surface area (Å²) in [6.45, 7) is 1.91. The number of methoxy groups -OCH3 is 2.